The minimum absolute atomic E-state index is 0. The van der Waals surface area contributed by atoms with Crippen LogP contribution in [0.25, 0.3) is 0 Å². The average Bonchev–Trinajstić information content (AvgIpc) is 2.92. The number of hydrogen-bond donors (Lipinski definition) is 1. The molecular formula is C18H14NNaO7S. The number of rotatable bonds is 6. The number of ether oxygens (including phenoxy) is 1. The number of hydrogen-bond acceptors (Lipinski definition) is 8. The van der Waals surface area contributed by atoms with Crippen LogP contribution in [-0.2, 0) is 29.5 Å². The molecule has 1 heterocycles. The summed E-state index contributed by atoms with van der Waals surface area (Å²) < 4.78 is 58.9. The largest absolute Gasteiger partial charge is 1.00 e. The van der Waals surface area contributed by atoms with Gasteiger partial charge in [-0.3, -0.25) is 4.79 Å². The van der Waals surface area contributed by atoms with Crippen molar-refractivity contribution in [2.24, 2.45) is 5.73 Å². The van der Waals surface area contributed by atoms with Gasteiger partial charge in [-0.05, 0) is 11.1 Å². The van der Waals surface area contributed by atoms with Gasteiger partial charge in [0, 0.05) is 5.56 Å². The standard InChI is InChI=1S/C18H15NO7S.Na/c19-17-16(26-27(23,24)10-11-4-2-1-3-5-11)14(20)15(25-17)12-6-8-13(9-7-12)18(21)22;/h1-9,15H,10,19H2,(H,21,22);/q;+1/p-1/i10D2,15D;. The molecule has 0 fully saturated rings. The fourth-order valence-corrected chi connectivity index (χ4v) is 3.07. The molecule has 140 valence electrons. The molecule has 1 aliphatic rings. The van der Waals surface area contributed by atoms with E-state index in [1.54, 1.807) is 6.07 Å². The monoisotopic (exact) mass is 414 g/mol. The SMILES string of the molecule is [2H]C1(c2ccc(C(=O)[O-])cc2)OC(N)=C(OS(=O)(=O)C([2H])([2H])c2ccccc2)C1=O.[Na+]. The van der Waals surface area contributed by atoms with Gasteiger partial charge in [0.25, 0.3) is 0 Å². The molecular weight excluding hydrogens is 397 g/mol. The second-order valence-electron chi connectivity index (χ2n) is 5.32. The maximum atomic E-state index is 12.7. The van der Waals surface area contributed by atoms with Crippen LogP contribution in [0.2, 0.25) is 0 Å². The zero-order valence-corrected chi connectivity index (χ0v) is 17.4. The molecule has 1 atom stereocenters. The number of carbonyl (C=O) groups excluding carboxylic acids is 2. The number of ketones is 1. The fraction of sp³-hybridized carbons (Fsp3) is 0.111. The summed E-state index contributed by atoms with van der Waals surface area (Å²) in [6.07, 6.45) is -2.54. The predicted octanol–water partition coefficient (Wildman–Crippen LogP) is -2.63. The summed E-state index contributed by atoms with van der Waals surface area (Å²) in [5, 5.41) is 10.8. The van der Waals surface area contributed by atoms with Crippen molar-refractivity contribution in [3.63, 3.8) is 0 Å². The third-order valence-electron chi connectivity index (χ3n) is 3.44. The van der Waals surface area contributed by atoms with E-state index in [1.807, 2.05) is 0 Å². The van der Waals surface area contributed by atoms with Gasteiger partial charge < -0.3 is 24.6 Å². The molecule has 2 aromatic carbocycles. The van der Waals surface area contributed by atoms with Gasteiger partial charge in [0.05, 0.1) is 10.1 Å². The molecule has 10 heteroatoms. The third-order valence-corrected chi connectivity index (χ3v) is 4.31. The summed E-state index contributed by atoms with van der Waals surface area (Å²) >= 11 is 0. The van der Waals surface area contributed by atoms with Crippen molar-refractivity contribution in [3.8, 4) is 0 Å². The molecule has 2 N–H and O–H groups in total. The van der Waals surface area contributed by atoms with Crippen LogP contribution < -0.4 is 40.4 Å². The number of carbonyl (C=O) groups is 2. The first kappa shape index (κ1) is 17.7. The van der Waals surface area contributed by atoms with Gasteiger partial charge in [-0.2, -0.15) is 8.42 Å². The first-order valence-electron chi connectivity index (χ1n) is 8.95. The van der Waals surface area contributed by atoms with Gasteiger partial charge in [-0.25, -0.2) is 0 Å². The zero-order valence-electron chi connectivity index (χ0n) is 17.5. The Morgan fingerprint density at radius 1 is 1.21 bits per heavy atom. The number of carboxylic acids is 1. The third kappa shape index (κ3) is 4.93. The maximum Gasteiger partial charge on any atom is 1.00 e. The second kappa shape index (κ2) is 8.78. The summed E-state index contributed by atoms with van der Waals surface area (Å²) in [5.41, 5.74) is 1.90. The quantitative estimate of drug-likeness (QED) is 0.401. The molecule has 0 bridgehead atoms. The molecule has 0 aliphatic carbocycles. The summed E-state index contributed by atoms with van der Waals surface area (Å²) in [4.78, 5) is 23.5. The van der Waals surface area contributed by atoms with Gasteiger partial charge in [-0.15, -0.1) is 0 Å². The first-order chi connectivity index (χ1) is 13.9. The van der Waals surface area contributed by atoms with Gasteiger partial charge in [-0.1, -0.05) is 54.6 Å². The van der Waals surface area contributed by atoms with Gasteiger partial charge >= 0.3 is 39.7 Å². The number of Topliss-reactive ketones (excluding diaryl/α,β-unsaturated/α-hetero) is 1. The van der Waals surface area contributed by atoms with Crippen LogP contribution in [0.5, 0.6) is 0 Å². The van der Waals surface area contributed by atoms with E-state index in [0.717, 1.165) is 24.3 Å². The van der Waals surface area contributed by atoms with E-state index in [1.165, 1.54) is 24.3 Å². The van der Waals surface area contributed by atoms with E-state index < -0.39 is 45.3 Å². The molecule has 0 saturated heterocycles. The molecule has 28 heavy (non-hydrogen) atoms. The van der Waals surface area contributed by atoms with Gasteiger partial charge in [0.15, 0.2) is 6.08 Å². The number of carboxylic acid groups (broad SMARTS) is 1. The van der Waals surface area contributed by atoms with Crippen molar-refractivity contribution in [1.29, 1.82) is 0 Å². The summed E-state index contributed by atoms with van der Waals surface area (Å²) in [6.45, 7) is 0. The van der Waals surface area contributed by atoms with Crippen molar-refractivity contribution >= 4 is 21.9 Å². The Morgan fingerprint density at radius 3 is 2.39 bits per heavy atom. The van der Waals surface area contributed by atoms with Crippen LogP contribution in [0, 0.1) is 0 Å². The van der Waals surface area contributed by atoms with Crippen LogP contribution in [0.1, 0.15) is 31.7 Å². The Labute approximate surface area is 187 Å². The normalized spacial score (nSPS) is 21.0. The Morgan fingerprint density at radius 2 is 1.82 bits per heavy atom. The molecule has 0 saturated carbocycles. The van der Waals surface area contributed by atoms with Crippen LogP contribution in [-0.4, -0.2) is 20.2 Å². The second-order valence-corrected chi connectivity index (χ2v) is 6.60. The van der Waals surface area contributed by atoms with Crippen LogP contribution in [0.3, 0.4) is 0 Å². The molecule has 0 radical (unpaired) electrons. The molecule has 3 rings (SSSR count). The molecule has 1 unspecified atom stereocenters. The van der Waals surface area contributed by atoms with Crippen LogP contribution >= 0.6 is 0 Å². The van der Waals surface area contributed by atoms with E-state index in [2.05, 4.69) is 4.18 Å². The van der Waals surface area contributed by atoms with Crippen molar-refractivity contribution in [1.82, 2.24) is 0 Å². The molecule has 0 aromatic heterocycles. The van der Waals surface area contributed by atoms with Crippen molar-refractivity contribution in [3.05, 3.63) is 82.9 Å². The van der Waals surface area contributed by atoms with Crippen molar-refractivity contribution < 1.29 is 65.7 Å². The smallest absolute Gasteiger partial charge is 0.545 e. The van der Waals surface area contributed by atoms with E-state index in [9.17, 15) is 23.1 Å². The summed E-state index contributed by atoms with van der Waals surface area (Å²) in [7, 11) is -5.09. The minimum Gasteiger partial charge on any atom is -0.545 e. The molecule has 0 spiro atoms. The maximum absolute atomic E-state index is 12.7. The van der Waals surface area contributed by atoms with E-state index in [-0.39, 0.29) is 46.2 Å². The van der Waals surface area contributed by atoms with Crippen LogP contribution in [0.15, 0.2) is 66.2 Å². The van der Waals surface area contributed by atoms with E-state index >= 15 is 0 Å². The van der Waals surface area contributed by atoms with E-state index in [0.29, 0.717) is 0 Å². The topological polar surface area (TPSA) is 136 Å². The number of benzene rings is 2. The Kier molecular flexibility index (Phi) is 5.57. The summed E-state index contributed by atoms with van der Waals surface area (Å²) in [6, 6.07) is 11.2. The fourth-order valence-electron chi connectivity index (χ4n) is 2.23. The zero-order chi connectivity index (χ0) is 22.3. The van der Waals surface area contributed by atoms with Gasteiger partial charge in [0.1, 0.15) is 5.70 Å². The van der Waals surface area contributed by atoms with Crippen molar-refractivity contribution in [2.75, 3.05) is 0 Å². The minimum atomic E-state index is -5.09. The first-order valence-corrected chi connectivity index (χ1v) is 8.86. The van der Waals surface area contributed by atoms with Gasteiger partial charge in [0.2, 0.25) is 17.4 Å². The van der Waals surface area contributed by atoms with Crippen LogP contribution in [0.4, 0.5) is 0 Å². The van der Waals surface area contributed by atoms with Crippen molar-refractivity contribution in [2.45, 2.75) is 11.8 Å². The molecule has 8 nitrogen and oxygen atoms in total. The average molecular weight is 414 g/mol. The number of aromatic carboxylic acids is 1. The molecule has 2 aromatic rings. The Bertz CT molecular complexity index is 1150. The summed E-state index contributed by atoms with van der Waals surface area (Å²) in [5.74, 6) is -4.65. The Balaban J connectivity index is 0.00000341. The molecule has 1 aliphatic heterocycles. The van der Waals surface area contributed by atoms with E-state index in [4.69, 9.17) is 14.6 Å². The Hall–Kier alpha value is -2.33. The number of nitrogens with two attached hydrogens (primary N) is 1. The molecule has 0 amide bonds. The predicted molar refractivity (Wildman–Crippen MR) is 91.0 cm³/mol.